The van der Waals surface area contributed by atoms with Gasteiger partial charge in [-0.05, 0) is 26.3 Å². The Kier molecular flexibility index (Phi) is 4.88. The maximum Gasteiger partial charge on any atom is 0.270 e. The van der Waals surface area contributed by atoms with Gasteiger partial charge in [-0.3, -0.25) is 19.7 Å². The van der Waals surface area contributed by atoms with E-state index in [0.717, 1.165) is 0 Å². The highest BCUT2D eigenvalue weighted by Gasteiger charge is 2.36. The summed E-state index contributed by atoms with van der Waals surface area (Å²) in [6.07, 6.45) is 8.80. The third-order valence-corrected chi connectivity index (χ3v) is 3.30. The number of hydrogen-bond acceptors (Lipinski definition) is 4. The molecule has 0 saturated carbocycles. The summed E-state index contributed by atoms with van der Waals surface area (Å²) in [5, 5.41) is 7.58. The van der Waals surface area contributed by atoms with Crippen molar-refractivity contribution in [1.29, 1.82) is 0 Å². The molecule has 1 fully saturated rings. The van der Waals surface area contributed by atoms with Gasteiger partial charge >= 0.3 is 0 Å². The van der Waals surface area contributed by atoms with E-state index in [9.17, 15) is 14.4 Å². The maximum absolute atomic E-state index is 12.7. The van der Waals surface area contributed by atoms with Crippen molar-refractivity contribution in [3.8, 4) is 0 Å². The summed E-state index contributed by atoms with van der Waals surface area (Å²) in [6, 6.07) is 0.899. The third-order valence-electron chi connectivity index (χ3n) is 3.30. The summed E-state index contributed by atoms with van der Waals surface area (Å²) >= 11 is 0. The SMILES string of the molecule is C/C=C\C=C(/C)C(=O)N(C1CCC(=O)NC1=O)n1cccn1. The molecule has 1 atom stereocenters. The lowest BCUT2D eigenvalue weighted by atomic mass is 10.0. The third kappa shape index (κ3) is 3.30. The molecule has 0 aliphatic carbocycles. The molecule has 2 rings (SSSR count). The molecule has 0 aromatic carbocycles. The topological polar surface area (TPSA) is 84.3 Å². The van der Waals surface area contributed by atoms with Gasteiger partial charge in [-0.15, -0.1) is 0 Å². The summed E-state index contributed by atoms with van der Waals surface area (Å²) < 4.78 is 0. The standard InChI is InChI=1S/C15H18N4O3/c1-3-4-6-11(2)15(22)19(18-10-5-9-16-18)12-7-8-13(20)17-14(12)21/h3-6,9-10,12H,7-8H2,1-2H3,(H,17,20,21)/b4-3-,11-6+. The van der Waals surface area contributed by atoms with E-state index < -0.39 is 11.9 Å². The Morgan fingerprint density at radius 3 is 2.86 bits per heavy atom. The van der Waals surface area contributed by atoms with Gasteiger partial charge in [0.1, 0.15) is 6.04 Å². The van der Waals surface area contributed by atoms with Crippen LogP contribution >= 0.6 is 0 Å². The summed E-state index contributed by atoms with van der Waals surface area (Å²) in [5.74, 6) is -1.15. The van der Waals surface area contributed by atoms with Crippen molar-refractivity contribution >= 4 is 17.7 Å². The van der Waals surface area contributed by atoms with Gasteiger partial charge in [0, 0.05) is 18.2 Å². The van der Waals surface area contributed by atoms with E-state index in [1.54, 1.807) is 37.4 Å². The zero-order chi connectivity index (χ0) is 16.1. The van der Waals surface area contributed by atoms with E-state index in [-0.39, 0.29) is 24.7 Å². The predicted molar refractivity (Wildman–Crippen MR) is 80.2 cm³/mol. The van der Waals surface area contributed by atoms with Gasteiger partial charge in [0.2, 0.25) is 5.91 Å². The Morgan fingerprint density at radius 1 is 1.50 bits per heavy atom. The first-order chi connectivity index (χ1) is 10.5. The monoisotopic (exact) mass is 302 g/mol. The molecule has 2 heterocycles. The van der Waals surface area contributed by atoms with Crippen molar-refractivity contribution < 1.29 is 14.4 Å². The molecule has 1 aliphatic rings. The van der Waals surface area contributed by atoms with E-state index in [0.29, 0.717) is 5.57 Å². The minimum Gasteiger partial charge on any atom is -0.295 e. The average molecular weight is 302 g/mol. The van der Waals surface area contributed by atoms with Crippen molar-refractivity contribution in [1.82, 2.24) is 15.2 Å². The number of carbonyl (C=O) groups excluding carboxylic acids is 3. The number of nitrogens with zero attached hydrogens (tertiary/aromatic N) is 3. The highest BCUT2D eigenvalue weighted by molar-refractivity contribution is 6.08. The molecular weight excluding hydrogens is 284 g/mol. The van der Waals surface area contributed by atoms with Crippen molar-refractivity contribution in [3.63, 3.8) is 0 Å². The smallest absolute Gasteiger partial charge is 0.270 e. The lowest BCUT2D eigenvalue weighted by Gasteiger charge is -2.32. The fourth-order valence-corrected chi connectivity index (χ4v) is 2.17. The van der Waals surface area contributed by atoms with Crippen LogP contribution < -0.4 is 10.3 Å². The van der Waals surface area contributed by atoms with Crippen molar-refractivity contribution in [2.24, 2.45) is 0 Å². The van der Waals surface area contributed by atoms with Gasteiger partial charge in [-0.25, -0.2) is 5.01 Å². The van der Waals surface area contributed by atoms with Crippen LogP contribution in [0.15, 0.2) is 42.3 Å². The number of amides is 3. The summed E-state index contributed by atoms with van der Waals surface area (Å²) in [7, 11) is 0. The summed E-state index contributed by atoms with van der Waals surface area (Å²) in [6.45, 7) is 3.52. The molecule has 3 amide bonds. The first-order valence-electron chi connectivity index (χ1n) is 7.01. The van der Waals surface area contributed by atoms with Gasteiger partial charge in [-0.2, -0.15) is 9.89 Å². The molecule has 7 heteroatoms. The van der Waals surface area contributed by atoms with E-state index in [4.69, 9.17) is 0 Å². The second-order valence-corrected chi connectivity index (χ2v) is 4.92. The second kappa shape index (κ2) is 6.84. The van der Waals surface area contributed by atoms with Gasteiger partial charge in [0.15, 0.2) is 0 Å². The minimum absolute atomic E-state index is 0.194. The molecular formula is C15H18N4O3. The van der Waals surface area contributed by atoms with Crippen LogP contribution in [0.4, 0.5) is 0 Å². The lowest BCUT2D eigenvalue weighted by molar-refractivity contribution is -0.136. The highest BCUT2D eigenvalue weighted by Crippen LogP contribution is 2.14. The lowest BCUT2D eigenvalue weighted by Crippen LogP contribution is -2.59. The van der Waals surface area contributed by atoms with E-state index in [1.165, 1.54) is 16.0 Å². The molecule has 1 saturated heterocycles. The predicted octanol–water partition coefficient (Wildman–Crippen LogP) is 0.675. The molecule has 1 aromatic heterocycles. The zero-order valence-electron chi connectivity index (χ0n) is 12.5. The quantitative estimate of drug-likeness (QED) is 0.503. The van der Waals surface area contributed by atoms with Crippen molar-refractivity contribution in [2.45, 2.75) is 32.7 Å². The summed E-state index contributed by atoms with van der Waals surface area (Å²) in [4.78, 5) is 37.4. The van der Waals surface area contributed by atoms with Crippen LogP contribution in [0.3, 0.4) is 0 Å². The first kappa shape index (κ1) is 15.7. The number of imide groups is 1. The molecule has 1 aromatic rings. The van der Waals surface area contributed by atoms with Crippen molar-refractivity contribution in [3.05, 3.63) is 42.3 Å². The number of piperidine rings is 1. The van der Waals surface area contributed by atoms with Crippen LogP contribution in [0.5, 0.6) is 0 Å². The molecule has 22 heavy (non-hydrogen) atoms. The Hall–Kier alpha value is -2.70. The van der Waals surface area contributed by atoms with Gasteiger partial charge in [-0.1, -0.05) is 18.2 Å². The molecule has 7 nitrogen and oxygen atoms in total. The number of hydrogen-bond donors (Lipinski definition) is 1. The van der Waals surface area contributed by atoms with Crippen LogP contribution in [0, 0.1) is 0 Å². The van der Waals surface area contributed by atoms with Crippen LogP contribution in [0.2, 0.25) is 0 Å². The normalized spacial score (nSPS) is 19.4. The summed E-state index contributed by atoms with van der Waals surface area (Å²) in [5.41, 5.74) is 0.471. The molecule has 0 radical (unpaired) electrons. The molecule has 0 spiro atoms. The second-order valence-electron chi connectivity index (χ2n) is 4.92. The fourth-order valence-electron chi connectivity index (χ4n) is 2.17. The first-order valence-corrected chi connectivity index (χ1v) is 7.01. The molecule has 1 N–H and O–H groups in total. The van der Waals surface area contributed by atoms with E-state index >= 15 is 0 Å². The van der Waals surface area contributed by atoms with Crippen LogP contribution in [-0.2, 0) is 14.4 Å². The van der Waals surface area contributed by atoms with E-state index in [1.807, 2.05) is 6.92 Å². The highest BCUT2D eigenvalue weighted by atomic mass is 16.2. The Morgan fingerprint density at radius 2 is 2.27 bits per heavy atom. The van der Waals surface area contributed by atoms with Gasteiger partial charge < -0.3 is 0 Å². The number of nitrogens with one attached hydrogen (secondary N) is 1. The van der Waals surface area contributed by atoms with Crippen molar-refractivity contribution in [2.75, 3.05) is 5.01 Å². The number of rotatable bonds is 4. The largest absolute Gasteiger partial charge is 0.295 e. The zero-order valence-corrected chi connectivity index (χ0v) is 12.5. The van der Waals surface area contributed by atoms with Gasteiger partial charge in [0.05, 0.1) is 6.20 Å². The minimum atomic E-state index is -0.765. The Bertz CT molecular complexity index is 631. The Labute approximate surface area is 128 Å². The van der Waals surface area contributed by atoms with Gasteiger partial charge in [0.25, 0.3) is 11.8 Å². The number of aromatic nitrogens is 2. The Balaban J connectivity index is 2.34. The average Bonchev–Trinajstić information content (AvgIpc) is 3.01. The number of carbonyl (C=O) groups is 3. The molecule has 1 unspecified atom stereocenters. The maximum atomic E-state index is 12.7. The van der Waals surface area contributed by atoms with E-state index in [2.05, 4.69) is 10.4 Å². The molecule has 116 valence electrons. The fraction of sp³-hybridized carbons (Fsp3) is 0.333. The van der Waals surface area contributed by atoms with Crippen LogP contribution in [0.1, 0.15) is 26.7 Å². The number of allylic oxidation sites excluding steroid dienone is 3. The molecule has 1 aliphatic heterocycles. The molecule has 0 bridgehead atoms. The van der Waals surface area contributed by atoms with Crippen LogP contribution in [-0.4, -0.2) is 33.7 Å². The van der Waals surface area contributed by atoms with Crippen LogP contribution in [0.25, 0.3) is 0 Å².